The van der Waals surface area contributed by atoms with Gasteiger partial charge >= 0.3 is 6.03 Å². The number of Topliss-reactive ketones (excluding diaryl/α,β-unsaturated/α-hetero) is 1. The molecule has 3 amide bonds. The average molecular weight is 391 g/mol. The topological polar surface area (TPSA) is 81.8 Å². The fourth-order valence-corrected chi connectivity index (χ4v) is 4.70. The number of fused-ring (bicyclic) bond motifs is 1. The molecule has 2 saturated heterocycles. The first-order chi connectivity index (χ1) is 12.8. The van der Waals surface area contributed by atoms with Crippen LogP contribution in [-0.2, 0) is 4.79 Å². The van der Waals surface area contributed by atoms with E-state index in [-0.39, 0.29) is 47.1 Å². The van der Waals surface area contributed by atoms with Gasteiger partial charge in [-0.3, -0.25) is 25.1 Å². The lowest BCUT2D eigenvalue weighted by molar-refractivity contribution is -0.140. The van der Waals surface area contributed by atoms with Crippen LogP contribution in [0.1, 0.15) is 24.2 Å². The first-order valence-electron chi connectivity index (χ1n) is 9.07. The van der Waals surface area contributed by atoms with Crippen LogP contribution in [0.15, 0.2) is 30.3 Å². The molecule has 0 bridgehead atoms. The summed E-state index contributed by atoms with van der Waals surface area (Å²) in [5.41, 5.74) is 0.662. The van der Waals surface area contributed by atoms with Crippen molar-refractivity contribution in [3.05, 3.63) is 35.9 Å². The number of benzene rings is 1. The van der Waals surface area contributed by atoms with Crippen LogP contribution in [0.2, 0.25) is 0 Å². The SMILES string of the molecule is CC(C)C1NC(SCC(=O)c2ccccc2)C2C(=O)N(C)C(=O)N(C)C2N1. The fraction of sp³-hybridized carbons (Fsp3) is 0.526. The van der Waals surface area contributed by atoms with E-state index in [1.165, 1.54) is 18.8 Å². The number of thioether (sulfide) groups is 1. The third-order valence-electron chi connectivity index (χ3n) is 5.14. The van der Waals surface area contributed by atoms with E-state index in [0.717, 1.165) is 4.90 Å². The number of rotatable bonds is 5. The van der Waals surface area contributed by atoms with Gasteiger partial charge in [0.15, 0.2) is 5.78 Å². The standard InChI is InChI=1S/C19H26N4O3S/c1-11(2)15-20-16-14(18(25)23(4)19(26)22(16)3)17(21-15)27-10-13(24)12-8-6-5-7-9-12/h5-9,11,14-17,20-21H,10H2,1-4H3. The number of carbonyl (C=O) groups excluding carboxylic acids is 3. The third-order valence-corrected chi connectivity index (χ3v) is 6.36. The van der Waals surface area contributed by atoms with Crippen LogP contribution in [0.4, 0.5) is 4.79 Å². The Morgan fingerprint density at radius 3 is 2.44 bits per heavy atom. The lowest BCUT2D eigenvalue weighted by Crippen LogP contribution is -2.75. The quantitative estimate of drug-likeness (QED) is 0.743. The van der Waals surface area contributed by atoms with Crippen molar-refractivity contribution in [1.29, 1.82) is 0 Å². The molecular weight excluding hydrogens is 364 g/mol. The van der Waals surface area contributed by atoms with Crippen molar-refractivity contribution >= 4 is 29.5 Å². The smallest absolute Gasteiger partial charge is 0.311 e. The van der Waals surface area contributed by atoms with Crippen molar-refractivity contribution in [2.75, 3.05) is 19.8 Å². The Morgan fingerprint density at radius 2 is 1.81 bits per heavy atom. The molecule has 2 N–H and O–H groups in total. The normalized spacial score (nSPS) is 28.5. The molecule has 4 atom stereocenters. The van der Waals surface area contributed by atoms with Gasteiger partial charge in [0.25, 0.3) is 0 Å². The van der Waals surface area contributed by atoms with Gasteiger partial charge in [0, 0.05) is 19.7 Å². The van der Waals surface area contributed by atoms with Gasteiger partial charge in [-0.2, -0.15) is 0 Å². The number of ketones is 1. The number of urea groups is 1. The molecular formula is C19H26N4O3S. The molecule has 3 rings (SSSR count). The molecule has 2 heterocycles. The van der Waals surface area contributed by atoms with Crippen molar-refractivity contribution in [3.8, 4) is 0 Å². The Balaban J connectivity index is 1.79. The van der Waals surface area contributed by atoms with Crippen LogP contribution < -0.4 is 10.6 Å². The Kier molecular flexibility index (Phi) is 5.88. The minimum atomic E-state index is -0.457. The number of amides is 3. The van der Waals surface area contributed by atoms with E-state index in [0.29, 0.717) is 5.56 Å². The minimum Gasteiger partial charge on any atom is -0.311 e. The summed E-state index contributed by atoms with van der Waals surface area (Å²) in [5.74, 6) is -0.127. The van der Waals surface area contributed by atoms with Gasteiger partial charge in [-0.1, -0.05) is 44.2 Å². The maximum absolute atomic E-state index is 12.8. The van der Waals surface area contributed by atoms with Gasteiger partial charge in [-0.25, -0.2) is 4.79 Å². The van der Waals surface area contributed by atoms with Gasteiger partial charge in [0.2, 0.25) is 5.91 Å². The Morgan fingerprint density at radius 1 is 1.15 bits per heavy atom. The molecule has 2 aliphatic rings. The van der Waals surface area contributed by atoms with Gasteiger partial charge in [0.1, 0.15) is 0 Å². The van der Waals surface area contributed by atoms with Crippen LogP contribution >= 0.6 is 11.8 Å². The number of imide groups is 1. The highest BCUT2D eigenvalue weighted by atomic mass is 32.2. The average Bonchev–Trinajstić information content (AvgIpc) is 2.68. The summed E-state index contributed by atoms with van der Waals surface area (Å²) in [5, 5.41) is 6.58. The van der Waals surface area contributed by atoms with Crippen molar-refractivity contribution in [2.24, 2.45) is 11.8 Å². The fourth-order valence-electron chi connectivity index (χ4n) is 3.48. The largest absolute Gasteiger partial charge is 0.327 e. The Bertz CT molecular complexity index is 727. The molecule has 1 aromatic rings. The molecule has 0 aliphatic carbocycles. The zero-order valence-corrected chi connectivity index (χ0v) is 16.8. The summed E-state index contributed by atoms with van der Waals surface area (Å²) >= 11 is 1.43. The van der Waals surface area contributed by atoms with E-state index in [4.69, 9.17) is 0 Å². The molecule has 0 saturated carbocycles. The summed E-state index contributed by atoms with van der Waals surface area (Å²) < 4.78 is 0. The molecule has 0 radical (unpaired) electrons. The molecule has 8 heteroatoms. The van der Waals surface area contributed by atoms with E-state index in [1.54, 1.807) is 24.1 Å². The minimum absolute atomic E-state index is 0.0274. The van der Waals surface area contributed by atoms with Crippen LogP contribution in [0.25, 0.3) is 0 Å². The monoisotopic (exact) mass is 390 g/mol. The molecule has 0 spiro atoms. The lowest BCUT2D eigenvalue weighted by atomic mass is 9.95. The molecule has 4 unspecified atom stereocenters. The number of nitrogens with one attached hydrogen (secondary N) is 2. The molecule has 146 valence electrons. The summed E-state index contributed by atoms with van der Waals surface area (Å²) in [6.07, 6.45) is -0.443. The van der Waals surface area contributed by atoms with E-state index < -0.39 is 5.92 Å². The molecule has 2 fully saturated rings. The van der Waals surface area contributed by atoms with Crippen molar-refractivity contribution < 1.29 is 14.4 Å². The van der Waals surface area contributed by atoms with Gasteiger partial charge in [-0.05, 0) is 5.92 Å². The lowest BCUT2D eigenvalue weighted by Gasteiger charge is -2.51. The summed E-state index contributed by atoms with van der Waals surface area (Å²) in [7, 11) is 3.21. The summed E-state index contributed by atoms with van der Waals surface area (Å²) in [4.78, 5) is 40.4. The van der Waals surface area contributed by atoms with Crippen LogP contribution in [0.3, 0.4) is 0 Å². The van der Waals surface area contributed by atoms with Crippen molar-refractivity contribution in [1.82, 2.24) is 20.4 Å². The van der Waals surface area contributed by atoms with Crippen LogP contribution in [-0.4, -0.2) is 65.1 Å². The van der Waals surface area contributed by atoms with Crippen LogP contribution in [0.5, 0.6) is 0 Å². The highest BCUT2D eigenvalue weighted by Gasteiger charge is 2.51. The number of nitrogens with zero attached hydrogens (tertiary/aromatic N) is 2. The summed E-state index contributed by atoms with van der Waals surface area (Å²) in [6.45, 7) is 4.14. The molecule has 0 aromatic heterocycles. The van der Waals surface area contributed by atoms with Crippen LogP contribution in [0, 0.1) is 11.8 Å². The maximum Gasteiger partial charge on any atom is 0.327 e. The second-order valence-electron chi connectivity index (χ2n) is 7.34. The number of hydrogen-bond donors (Lipinski definition) is 2. The number of hydrogen-bond acceptors (Lipinski definition) is 6. The first kappa shape index (κ1) is 19.9. The second-order valence-corrected chi connectivity index (χ2v) is 8.47. The van der Waals surface area contributed by atoms with E-state index in [1.807, 2.05) is 18.2 Å². The van der Waals surface area contributed by atoms with E-state index in [9.17, 15) is 14.4 Å². The predicted octanol–water partition coefficient (Wildman–Crippen LogP) is 1.57. The number of carbonyl (C=O) groups is 3. The van der Waals surface area contributed by atoms with Gasteiger partial charge in [0.05, 0.1) is 29.4 Å². The molecule has 27 heavy (non-hydrogen) atoms. The highest BCUT2D eigenvalue weighted by molar-refractivity contribution is 8.00. The Labute approximate surface area is 163 Å². The second kappa shape index (κ2) is 8.00. The zero-order chi connectivity index (χ0) is 19.7. The van der Waals surface area contributed by atoms with Gasteiger partial charge < -0.3 is 4.90 Å². The van der Waals surface area contributed by atoms with Gasteiger partial charge in [-0.15, -0.1) is 11.8 Å². The Hall–Kier alpha value is -1.90. The summed E-state index contributed by atoms with van der Waals surface area (Å²) in [6, 6.07) is 8.83. The first-order valence-corrected chi connectivity index (χ1v) is 10.1. The highest BCUT2D eigenvalue weighted by Crippen LogP contribution is 2.32. The van der Waals surface area contributed by atoms with Crippen molar-refractivity contribution in [3.63, 3.8) is 0 Å². The van der Waals surface area contributed by atoms with Crippen molar-refractivity contribution in [2.45, 2.75) is 31.6 Å². The molecule has 2 aliphatic heterocycles. The predicted molar refractivity (Wildman–Crippen MR) is 105 cm³/mol. The molecule has 1 aromatic carbocycles. The van der Waals surface area contributed by atoms with E-state index in [2.05, 4.69) is 24.5 Å². The van der Waals surface area contributed by atoms with E-state index >= 15 is 0 Å². The third kappa shape index (κ3) is 3.88. The molecule has 7 nitrogen and oxygen atoms in total. The zero-order valence-electron chi connectivity index (χ0n) is 16.0. The maximum atomic E-state index is 12.8.